The number of rotatable bonds is 7. The number of esters is 1. The number of carbonyl (C=O) groups is 1. The van der Waals surface area contributed by atoms with Crippen molar-refractivity contribution < 1.29 is 18.7 Å². The number of fused-ring (bicyclic) bond motifs is 1. The van der Waals surface area contributed by atoms with Gasteiger partial charge in [0, 0.05) is 18.8 Å². The summed E-state index contributed by atoms with van der Waals surface area (Å²) in [5, 5.41) is 9.48. The molecule has 0 N–H and O–H groups in total. The van der Waals surface area contributed by atoms with E-state index >= 15 is 0 Å². The molecule has 3 aromatic rings. The van der Waals surface area contributed by atoms with E-state index in [1.807, 2.05) is 31.2 Å². The molecule has 0 saturated heterocycles. The molecule has 0 radical (unpaired) electrons. The second kappa shape index (κ2) is 7.97. The molecule has 0 amide bonds. The molecule has 0 unspecified atom stereocenters. The number of benzene rings is 1. The molecule has 0 fully saturated rings. The standard InChI is InChI=1S/C19H20N4O4S/c1-3-26-14-6-4-13(5-7-14)22-10-11-23-18(22)20-21-19(23)28-12-15-8-9-16(27-15)17(24)25-2/h4-9H,3,10-12H2,1-2H3. The van der Waals surface area contributed by atoms with Crippen LogP contribution in [0.5, 0.6) is 5.75 Å². The number of anilines is 2. The highest BCUT2D eigenvalue weighted by atomic mass is 32.2. The van der Waals surface area contributed by atoms with E-state index in [0.717, 1.165) is 35.6 Å². The van der Waals surface area contributed by atoms with Gasteiger partial charge in [0.15, 0.2) is 5.16 Å². The van der Waals surface area contributed by atoms with Crippen molar-refractivity contribution >= 4 is 29.4 Å². The molecular weight excluding hydrogens is 380 g/mol. The van der Waals surface area contributed by atoms with Gasteiger partial charge in [-0.3, -0.25) is 4.57 Å². The zero-order chi connectivity index (χ0) is 19.5. The van der Waals surface area contributed by atoms with Crippen LogP contribution in [0.2, 0.25) is 0 Å². The van der Waals surface area contributed by atoms with E-state index in [4.69, 9.17) is 9.15 Å². The predicted molar refractivity (Wildman–Crippen MR) is 104 cm³/mol. The molecule has 1 aromatic carbocycles. The van der Waals surface area contributed by atoms with Gasteiger partial charge in [-0.15, -0.1) is 10.2 Å². The summed E-state index contributed by atoms with van der Waals surface area (Å²) in [5.41, 5.74) is 1.06. The van der Waals surface area contributed by atoms with Gasteiger partial charge >= 0.3 is 5.97 Å². The summed E-state index contributed by atoms with van der Waals surface area (Å²) in [7, 11) is 1.33. The van der Waals surface area contributed by atoms with E-state index in [1.165, 1.54) is 18.9 Å². The van der Waals surface area contributed by atoms with Crippen LogP contribution in [0.3, 0.4) is 0 Å². The molecule has 0 aliphatic carbocycles. The first kappa shape index (κ1) is 18.4. The van der Waals surface area contributed by atoms with Crippen LogP contribution in [0.4, 0.5) is 11.6 Å². The third-order valence-corrected chi connectivity index (χ3v) is 5.33. The quantitative estimate of drug-likeness (QED) is 0.440. The van der Waals surface area contributed by atoms with Crippen LogP contribution in [0.1, 0.15) is 23.2 Å². The summed E-state index contributed by atoms with van der Waals surface area (Å²) in [6, 6.07) is 11.4. The van der Waals surface area contributed by atoms with Crippen LogP contribution in [-0.4, -0.2) is 41.0 Å². The third-order valence-electron chi connectivity index (χ3n) is 4.34. The maximum Gasteiger partial charge on any atom is 0.373 e. The van der Waals surface area contributed by atoms with E-state index in [1.54, 1.807) is 12.1 Å². The molecular formula is C19H20N4O4S. The Morgan fingerprint density at radius 3 is 2.75 bits per heavy atom. The number of methoxy groups -OCH3 is 1. The third kappa shape index (κ3) is 3.57. The van der Waals surface area contributed by atoms with Gasteiger partial charge in [0.25, 0.3) is 0 Å². The highest BCUT2D eigenvalue weighted by molar-refractivity contribution is 7.98. The Balaban J connectivity index is 1.44. The SMILES string of the molecule is CCOc1ccc(N2CCn3c(SCc4ccc(C(=O)OC)o4)nnc32)cc1. The second-order valence-electron chi connectivity index (χ2n) is 6.06. The molecule has 0 spiro atoms. The average molecular weight is 400 g/mol. The molecule has 8 nitrogen and oxygen atoms in total. The van der Waals surface area contributed by atoms with Crippen molar-refractivity contribution in [3.8, 4) is 5.75 Å². The lowest BCUT2D eigenvalue weighted by molar-refractivity contribution is 0.0563. The lowest BCUT2D eigenvalue weighted by Crippen LogP contribution is -2.14. The van der Waals surface area contributed by atoms with Gasteiger partial charge in [-0.05, 0) is 43.3 Å². The van der Waals surface area contributed by atoms with E-state index in [9.17, 15) is 4.79 Å². The molecule has 3 heterocycles. The molecule has 28 heavy (non-hydrogen) atoms. The number of carbonyl (C=O) groups excluding carboxylic acids is 1. The summed E-state index contributed by atoms with van der Waals surface area (Å²) in [4.78, 5) is 13.6. The van der Waals surface area contributed by atoms with Gasteiger partial charge in [0.2, 0.25) is 11.7 Å². The average Bonchev–Trinajstić information content (AvgIpc) is 3.43. The molecule has 1 aliphatic rings. The molecule has 146 valence electrons. The smallest absolute Gasteiger partial charge is 0.373 e. The van der Waals surface area contributed by atoms with Crippen molar-refractivity contribution in [1.82, 2.24) is 14.8 Å². The summed E-state index contributed by atoms with van der Waals surface area (Å²) in [6.07, 6.45) is 0. The topological polar surface area (TPSA) is 82.6 Å². The fraction of sp³-hybridized carbons (Fsp3) is 0.316. The fourth-order valence-corrected chi connectivity index (χ4v) is 3.87. The Kier molecular flexibility index (Phi) is 5.25. The zero-order valence-corrected chi connectivity index (χ0v) is 16.4. The number of nitrogens with zero attached hydrogens (tertiary/aromatic N) is 4. The Labute approximate surface area is 166 Å². The number of hydrogen-bond donors (Lipinski definition) is 0. The molecule has 4 rings (SSSR count). The van der Waals surface area contributed by atoms with Crippen LogP contribution >= 0.6 is 11.8 Å². The monoisotopic (exact) mass is 400 g/mol. The van der Waals surface area contributed by atoms with Gasteiger partial charge in [-0.1, -0.05) is 11.8 Å². The summed E-state index contributed by atoms with van der Waals surface area (Å²) in [5.74, 6) is 2.63. The number of thioether (sulfide) groups is 1. The largest absolute Gasteiger partial charge is 0.494 e. The van der Waals surface area contributed by atoms with Crippen molar-refractivity contribution in [3.05, 3.63) is 47.9 Å². The Bertz CT molecular complexity index is 967. The van der Waals surface area contributed by atoms with Crippen LogP contribution in [0.15, 0.2) is 46.0 Å². The van der Waals surface area contributed by atoms with Crippen LogP contribution < -0.4 is 9.64 Å². The van der Waals surface area contributed by atoms with Crippen molar-refractivity contribution in [2.45, 2.75) is 24.4 Å². The minimum atomic E-state index is -0.481. The predicted octanol–water partition coefficient (Wildman–Crippen LogP) is 3.50. The number of hydrogen-bond acceptors (Lipinski definition) is 8. The summed E-state index contributed by atoms with van der Waals surface area (Å²) >= 11 is 1.52. The van der Waals surface area contributed by atoms with E-state index in [0.29, 0.717) is 18.1 Å². The number of ether oxygens (including phenoxy) is 2. The number of furan rings is 1. The molecule has 9 heteroatoms. The molecule has 0 saturated carbocycles. The van der Waals surface area contributed by atoms with Crippen molar-refractivity contribution in [1.29, 1.82) is 0 Å². The minimum Gasteiger partial charge on any atom is -0.494 e. The Morgan fingerprint density at radius 1 is 1.18 bits per heavy atom. The van der Waals surface area contributed by atoms with Crippen LogP contribution in [0.25, 0.3) is 0 Å². The summed E-state index contributed by atoms with van der Waals surface area (Å²) < 4.78 is 17.7. The molecule has 0 bridgehead atoms. The van der Waals surface area contributed by atoms with Crippen molar-refractivity contribution in [2.24, 2.45) is 0 Å². The van der Waals surface area contributed by atoms with E-state index in [-0.39, 0.29) is 5.76 Å². The van der Waals surface area contributed by atoms with Crippen molar-refractivity contribution in [3.63, 3.8) is 0 Å². The zero-order valence-electron chi connectivity index (χ0n) is 15.6. The van der Waals surface area contributed by atoms with Gasteiger partial charge in [0.1, 0.15) is 11.5 Å². The lowest BCUT2D eigenvalue weighted by Gasteiger charge is -2.15. The summed E-state index contributed by atoms with van der Waals surface area (Å²) in [6.45, 7) is 4.26. The normalized spacial score (nSPS) is 12.9. The van der Waals surface area contributed by atoms with Crippen LogP contribution in [0, 0.1) is 0 Å². The van der Waals surface area contributed by atoms with Gasteiger partial charge < -0.3 is 18.8 Å². The number of aromatic nitrogens is 3. The second-order valence-corrected chi connectivity index (χ2v) is 7.00. The highest BCUT2D eigenvalue weighted by Crippen LogP contribution is 2.33. The first-order valence-corrected chi connectivity index (χ1v) is 9.91. The first-order valence-electron chi connectivity index (χ1n) is 8.93. The van der Waals surface area contributed by atoms with E-state index < -0.39 is 5.97 Å². The fourth-order valence-electron chi connectivity index (χ4n) is 3.02. The lowest BCUT2D eigenvalue weighted by atomic mass is 10.3. The van der Waals surface area contributed by atoms with Crippen LogP contribution in [-0.2, 0) is 17.0 Å². The molecule has 2 aromatic heterocycles. The highest BCUT2D eigenvalue weighted by Gasteiger charge is 2.26. The Hall–Kier alpha value is -2.94. The van der Waals surface area contributed by atoms with Crippen molar-refractivity contribution in [2.75, 3.05) is 25.2 Å². The van der Waals surface area contributed by atoms with Gasteiger partial charge in [0.05, 0.1) is 19.5 Å². The maximum absolute atomic E-state index is 11.5. The Morgan fingerprint density at radius 2 is 2.00 bits per heavy atom. The minimum absolute atomic E-state index is 0.200. The molecule has 0 atom stereocenters. The maximum atomic E-state index is 11.5. The first-order chi connectivity index (χ1) is 13.7. The van der Waals surface area contributed by atoms with Gasteiger partial charge in [-0.25, -0.2) is 4.79 Å². The molecule has 1 aliphatic heterocycles. The van der Waals surface area contributed by atoms with E-state index in [2.05, 4.69) is 24.4 Å². The van der Waals surface area contributed by atoms with Gasteiger partial charge in [-0.2, -0.15) is 0 Å².